The third-order valence-electron chi connectivity index (χ3n) is 11.0. The average molecular weight is 776 g/mol. The van der Waals surface area contributed by atoms with Crippen LogP contribution in [-0.4, -0.2) is 15.4 Å². The number of hydrogen-bond donors (Lipinski definition) is 1. The lowest BCUT2D eigenvalue weighted by Gasteiger charge is -2.25. The summed E-state index contributed by atoms with van der Waals surface area (Å²) < 4.78 is 3.48. The molecule has 5 nitrogen and oxygen atoms in total. The van der Waals surface area contributed by atoms with Crippen LogP contribution in [0.1, 0.15) is 17.3 Å². The molecule has 0 radical (unpaired) electrons. The summed E-state index contributed by atoms with van der Waals surface area (Å²) in [6.07, 6.45) is 1.92. The van der Waals surface area contributed by atoms with Gasteiger partial charge in [0, 0.05) is 45.2 Å². The summed E-state index contributed by atoms with van der Waals surface area (Å²) in [5, 5.41) is 7.08. The van der Waals surface area contributed by atoms with E-state index in [9.17, 15) is 0 Å². The molecule has 59 heavy (non-hydrogen) atoms. The summed E-state index contributed by atoms with van der Waals surface area (Å²) in [6, 6.07) is 72.9. The summed E-state index contributed by atoms with van der Waals surface area (Å²) in [6.45, 7) is 0. The van der Waals surface area contributed by atoms with E-state index in [1.54, 1.807) is 11.3 Å². The van der Waals surface area contributed by atoms with Crippen LogP contribution in [-0.2, 0) is 0 Å². The Morgan fingerprint density at radius 2 is 1.05 bits per heavy atom. The van der Waals surface area contributed by atoms with Crippen molar-refractivity contribution >= 4 is 72.0 Å². The SMILES string of the molecule is C1=C(c2ccccc2)NC(c2ccccc2)N=C1n1c2ccc(-c3ccc(N(c4ccccc4)c4ccccc4)cc3)cc2c2cc3sc(-c4ccccc4)nc3cc21. The maximum absolute atomic E-state index is 5.43. The van der Waals surface area contributed by atoms with Crippen LogP contribution in [0.15, 0.2) is 217 Å². The Bertz CT molecular complexity index is 3120. The number of nitrogens with one attached hydrogen (secondary N) is 1. The largest absolute Gasteiger partial charge is 0.359 e. The second-order valence-electron chi connectivity index (χ2n) is 14.7. The molecule has 1 aliphatic rings. The van der Waals surface area contributed by atoms with Crippen LogP contribution in [0.25, 0.3) is 59.4 Å². The van der Waals surface area contributed by atoms with Gasteiger partial charge >= 0.3 is 0 Å². The van der Waals surface area contributed by atoms with E-state index in [2.05, 4.69) is 215 Å². The summed E-state index contributed by atoms with van der Waals surface area (Å²) in [5.41, 5.74) is 13.1. The summed E-state index contributed by atoms with van der Waals surface area (Å²) in [7, 11) is 0. The van der Waals surface area contributed by atoms with Gasteiger partial charge in [-0.1, -0.05) is 146 Å². The highest BCUT2D eigenvalue weighted by Crippen LogP contribution is 2.40. The highest BCUT2D eigenvalue weighted by Gasteiger charge is 2.24. The Morgan fingerprint density at radius 1 is 0.492 bits per heavy atom. The highest BCUT2D eigenvalue weighted by atomic mass is 32.1. The summed E-state index contributed by atoms with van der Waals surface area (Å²) in [4.78, 5) is 12.9. The van der Waals surface area contributed by atoms with Crippen molar-refractivity contribution in [3.8, 4) is 21.7 Å². The molecule has 280 valence electrons. The van der Waals surface area contributed by atoms with Gasteiger partial charge in [0.1, 0.15) is 17.0 Å². The van der Waals surface area contributed by atoms with E-state index in [1.165, 1.54) is 10.8 Å². The Morgan fingerprint density at radius 3 is 1.71 bits per heavy atom. The standard InChI is InChI=1S/C53H37N5S/c1-6-16-37(17-7-1)46-35-51(56-52(54-46)38-18-8-2-9-19-38)58-48-31-28-40(32-44(48)45-33-50-47(34-49(45)58)55-53(59-50)39-20-10-3-11-21-39)36-26-29-43(30-27-36)57(41-22-12-4-13-23-41)42-24-14-5-15-25-42/h1-35,52,54H. The molecule has 0 amide bonds. The number of hydrogen-bond acceptors (Lipinski definition) is 5. The number of thiazole rings is 1. The molecule has 10 aromatic rings. The van der Waals surface area contributed by atoms with Gasteiger partial charge in [0.2, 0.25) is 0 Å². The number of nitrogens with zero attached hydrogens (tertiary/aromatic N) is 4. The van der Waals surface area contributed by atoms with E-state index < -0.39 is 0 Å². The number of para-hydroxylation sites is 2. The van der Waals surface area contributed by atoms with E-state index in [4.69, 9.17) is 9.98 Å². The quantitative estimate of drug-likeness (QED) is 0.175. The van der Waals surface area contributed by atoms with E-state index in [-0.39, 0.29) is 6.17 Å². The van der Waals surface area contributed by atoms with Crippen LogP contribution in [0.3, 0.4) is 0 Å². The van der Waals surface area contributed by atoms with Crippen LogP contribution in [0.2, 0.25) is 0 Å². The first-order valence-corrected chi connectivity index (χ1v) is 20.7. The lowest BCUT2D eigenvalue weighted by molar-refractivity contribution is 0.660. The van der Waals surface area contributed by atoms with Gasteiger partial charge in [-0.05, 0) is 82.9 Å². The van der Waals surface area contributed by atoms with Crippen molar-refractivity contribution in [2.75, 3.05) is 4.90 Å². The Kier molecular flexibility index (Phi) is 8.68. The number of aliphatic imine (C=N–C) groups is 1. The van der Waals surface area contributed by atoms with Gasteiger partial charge in [-0.2, -0.15) is 0 Å². The fourth-order valence-corrected chi connectivity index (χ4v) is 9.19. The van der Waals surface area contributed by atoms with Crippen LogP contribution in [0.5, 0.6) is 0 Å². The van der Waals surface area contributed by atoms with Gasteiger partial charge in [0.25, 0.3) is 0 Å². The predicted octanol–water partition coefficient (Wildman–Crippen LogP) is 13.8. The average Bonchev–Trinajstić information content (AvgIpc) is 3.88. The van der Waals surface area contributed by atoms with Crippen molar-refractivity contribution < 1.29 is 0 Å². The van der Waals surface area contributed by atoms with Crippen LogP contribution in [0, 0.1) is 0 Å². The molecule has 0 aliphatic carbocycles. The van der Waals surface area contributed by atoms with Crippen molar-refractivity contribution in [1.29, 1.82) is 0 Å². The van der Waals surface area contributed by atoms with Crippen molar-refractivity contribution in [3.63, 3.8) is 0 Å². The van der Waals surface area contributed by atoms with Gasteiger partial charge in [0.15, 0.2) is 0 Å². The molecule has 0 spiro atoms. The molecule has 0 saturated carbocycles. The molecule has 6 heteroatoms. The van der Waals surface area contributed by atoms with E-state index >= 15 is 0 Å². The van der Waals surface area contributed by atoms with Gasteiger partial charge in [0.05, 0.1) is 21.3 Å². The maximum Gasteiger partial charge on any atom is 0.147 e. The van der Waals surface area contributed by atoms with Crippen LogP contribution < -0.4 is 10.2 Å². The van der Waals surface area contributed by atoms with Crippen LogP contribution in [0.4, 0.5) is 17.1 Å². The van der Waals surface area contributed by atoms with E-state index in [0.29, 0.717) is 0 Å². The van der Waals surface area contributed by atoms with E-state index in [1.807, 2.05) is 12.1 Å². The number of anilines is 3. The van der Waals surface area contributed by atoms with Gasteiger partial charge in [-0.25, -0.2) is 9.98 Å². The van der Waals surface area contributed by atoms with Crippen molar-refractivity contribution in [2.45, 2.75) is 6.17 Å². The molecular formula is C53H37N5S. The molecular weight excluding hydrogens is 739 g/mol. The topological polar surface area (TPSA) is 45.5 Å². The first kappa shape index (κ1) is 34.7. The molecule has 0 fully saturated rings. The van der Waals surface area contributed by atoms with Crippen molar-refractivity contribution in [3.05, 3.63) is 223 Å². The second-order valence-corrected chi connectivity index (χ2v) is 15.7. The minimum Gasteiger partial charge on any atom is -0.359 e. The van der Waals surface area contributed by atoms with E-state index in [0.717, 1.165) is 82.7 Å². The molecule has 2 aromatic heterocycles. The molecule has 1 N–H and O–H groups in total. The summed E-state index contributed by atoms with van der Waals surface area (Å²) in [5.74, 6) is 0.869. The highest BCUT2D eigenvalue weighted by molar-refractivity contribution is 7.21. The predicted molar refractivity (Wildman–Crippen MR) is 248 cm³/mol. The van der Waals surface area contributed by atoms with Crippen LogP contribution >= 0.6 is 11.3 Å². The number of aromatic nitrogens is 2. The molecule has 1 aliphatic heterocycles. The molecule has 11 rings (SSSR count). The smallest absolute Gasteiger partial charge is 0.147 e. The Labute approximate surface area is 346 Å². The fourth-order valence-electron chi connectivity index (χ4n) is 8.19. The van der Waals surface area contributed by atoms with Gasteiger partial charge in [-0.3, -0.25) is 4.57 Å². The zero-order chi connectivity index (χ0) is 39.1. The minimum atomic E-state index is -0.268. The lowest BCUT2D eigenvalue weighted by Crippen LogP contribution is -2.27. The number of rotatable bonds is 7. The molecule has 0 bridgehead atoms. The Balaban J connectivity index is 1.08. The van der Waals surface area contributed by atoms with Gasteiger partial charge in [-0.15, -0.1) is 11.3 Å². The van der Waals surface area contributed by atoms with Crippen molar-refractivity contribution in [1.82, 2.24) is 14.9 Å². The first-order chi connectivity index (χ1) is 29.2. The molecule has 8 aromatic carbocycles. The Hall–Kier alpha value is -7.54. The molecule has 1 atom stereocenters. The lowest BCUT2D eigenvalue weighted by atomic mass is 10.0. The second kappa shape index (κ2) is 14.8. The fraction of sp³-hybridized carbons (Fsp3) is 0.0189. The number of benzene rings is 8. The first-order valence-electron chi connectivity index (χ1n) is 19.9. The number of allylic oxidation sites excluding steroid dienone is 1. The zero-order valence-corrected chi connectivity index (χ0v) is 32.8. The summed E-state index contributed by atoms with van der Waals surface area (Å²) >= 11 is 1.74. The molecule has 0 saturated heterocycles. The third kappa shape index (κ3) is 6.46. The third-order valence-corrected chi connectivity index (χ3v) is 12.1. The minimum absolute atomic E-state index is 0.268. The monoisotopic (exact) mass is 775 g/mol. The number of fused-ring (bicyclic) bond motifs is 4. The molecule has 1 unspecified atom stereocenters. The van der Waals surface area contributed by atoms with Gasteiger partial charge < -0.3 is 10.2 Å². The van der Waals surface area contributed by atoms with Crippen molar-refractivity contribution in [2.24, 2.45) is 4.99 Å². The normalized spacial score (nSPS) is 13.9. The zero-order valence-electron chi connectivity index (χ0n) is 32.0. The maximum atomic E-state index is 5.43. The molecule has 3 heterocycles.